The quantitative estimate of drug-likeness (QED) is 0.819. The number of likely N-dealkylation sites (N-methyl/N-ethyl adjacent to an activating group) is 1. The average Bonchev–Trinajstić information content (AvgIpc) is 2.26. The molecule has 0 aliphatic heterocycles. The van der Waals surface area contributed by atoms with E-state index >= 15 is 0 Å². The van der Waals surface area contributed by atoms with E-state index in [1.165, 1.54) is 5.56 Å². The van der Waals surface area contributed by atoms with Crippen LogP contribution < -0.4 is 10.1 Å². The monoisotopic (exact) mass is 265 g/mol. The zero-order chi connectivity index (χ0) is 14.4. The molecule has 0 aromatic carbocycles. The van der Waals surface area contributed by atoms with E-state index < -0.39 is 0 Å². The van der Waals surface area contributed by atoms with Crippen LogP contribution in [0.3, 0.4) is 0 Å². The molecule has 1 aromatic heterocycles. The summed E-state index contributed by atoms with van der Waals surface area (Å²) in [5, 5.41) is 3.43. The topological polar surface area (TPSA) is 37.4 Å². The van der Waals surface area contributed by atoms with Gasteiger partial charge in [-0.25, -0.2) is 4.98 Å². The third kappa shape index (κ3) is 5.57. The number of nitrogens with zero attached hydrogens (tertiary/aromatic N) is 2. The maximum absolute atomic E-state index is 5.85. The molecule has 0 bridgehead atoms. The Hall–Kier alpha value is -1.13. The molecular weight excluding hydrogens is 238 g/mol. The number of hydrogen-bond acceptors (Lipinski definition) is 4. The third-order valence-electron chi connectivity index (χ3n) is 2.90. The minimum absolute atomic E-state index is 0.454. The maximum atomic E-state index is 5.85. The Labute approximate surface area is 117 Å². The minimum Gasteiger partial charge on any atom is -0.476 e. The first-order valence-corrected chi connectivity index (χ1v) is 6.88. The fraction of sp³-hybridized carbons (Fsp3) is 0.667. The second-order valence-corrected chi connectivity index (χ2v) is 5.55. The smallest absolute Gasteiger partial charge is 0.218 e. The van der Waals surface area contributed by atoms with E-state index in [2.05, 4.69) is 42.0 Å². The van der Waals surface area contributed by atoms with Gasteiger partial charge in [0, 0.05) is 30.4 Å². The summed E-state index contributed by atoms with van der Waals surface area (Å²) >= 11 is 0. The molecule has 4 nitrogen and oxygen atoms in total. The fourth-order valence-corrected chi connectivity index (χ4v) is 1.79. The number of aromatic nitrogens is 1. The van der Waals surface area contributed by atoms with Crippen LogP contribution >= 0.6 is 0 Å². The largest absolute Gasteiger partial charge is 0.476 e. The SMILES string of the molecule is Cc1cc(C)c(CNC(C)C)c(OCCN(C)C)n1. The normalized spacial score (nSPS) is 11.4. The summed E-state index contributed by atoms with van der Waals surface area (Å²) in [5.41, 5.74) is 3.41. The highest BCUT2D eigenvalue weighted by Crippen LogP contribution is 2.21. The molecule has 4 heteroatoms. The van der Waals surface area contributed by atoms with Crippen molar-refractivity contribution in [1.29, 1.82) is 0 Å². The summed E-state index contributed by atoms with van der Waals surface area (Å²) in [7, 11) is 4.08. The van der Waals surface area contributed by atoms with Crippen molar-refractivity contribution < 1.29 is 4.74 Å². The van der Waals surface area contributed by atoms with Crippen molar-refractivity contribution in [3.63, 3.8) is 0 Å². The van der Waals surface area contributed by atoms with Gasteiger partial charge in [-0.3, -0.25) is 0 Å². The van der Waals surface area contributed by atoms with E-state index in [4.69, 9.17) is 4.74 Å². The van der Waals surface area contributed by atoms with Crippen molar-refractivity contribution in [2.24, 2.45) is 0 Å². The Morgan fingerprint density at radius 1 is 1.32 bits per heavy atom. The maximum Gasteiger partial charge on any atom is 0.218 e. The van der Waals surface area contributed by atoms with E-state index in [1.54, 1.807) is 0 Å². The number of aryl methyl sites for hydroxylation is 2. The van der Waals surface area contributed by atoms with E-state index in [0.717, 1.165) is 30.2 Å². The lowest BCUT2D eigenvalue weighted by atomic mass is 10.1. The highest BCUT2D eigenvalue weighted by Gasteiger charge is 2.10. The first-order valence-electron chi connectivity index (χ1n) is 6.88. The summed E-state index contributed by atoms with van der Waals surface area (Å²) in [6, 6.07) is 2.56. The Bertz CT molecular complexity index is 403. The molecule has 1 rings (SSSR count). The van der Waals surface area contributed by atoms with Crippen LogP contribution in [0.1, 0.15) is 30.7 Å². The Morgan fingerprint density at radius 2 is 2.00 bits per heavy atom. The van der Waals surface area contributed by atoms with Crippen molar-refractivity contribution in [3.05, 3.63) is 22.9 Å². The lowest BCUT2D eigenvalue weighted by molar-refractivity contribution is 0.250. The molecule has 1 heterocycles. The van der Waals surface area contributed by atoms with Gasteiger partial charge in [-0.1, -0.05) is 13.8 Å². The molecule has 0 saturated heterocycles. The molecule has 1 aromatic rings. The predicted octanol–water partition coefficient (Wildman–Crippen LogP) is 2.14. The zero-order valence-corrected chi connectivity index (χ0v) is 13.1. The van der Waals surface area contributed by atoms with E-state index in [0.29, 0.717) is 12.6 Å². The lowest BCUT2D eigenvalue weighted by Crippen LogP contribution is -2.24. The van der Waals surface area contributed by atoms with Crippen LogP contribution in [0.2, 0.25) is 0 Å². The molecule has 0 radical (unpaired) electrons. The number of rotatable bonds is 7. The molecular formula is C15H27N3O. The Morgan fingerprint density at radius 3 is 2.58 bits per heavy atom. The van der Waals surface area contributed by atoms with Crippen LogP contribution in [0.25, 0.3) is 0 Å². The molecule has 0 atom stereocenters. The summed E-state index contributed by atoms with van der Waals surface area (Å²) < 4.78 is 5.85. The van der Waals surface area contributed by atoms with Crippen molar-refractivity contribution in [3.8, 4) is 5.88 Å². The molecule has 0 fully saturated rings. The number of nitrogens with one attached hydrogen (secondary N) is 1. The van der Waals surface area contributed by atoms with Gasteiger partial charge in [0.25, 0.3) is 0 Å². The predicted molar refractivity (Wildman–Crippen MR) is 79.7 cm³/mol. The molecule has 0 aliphatic rings. The molecule has 0 amide bonds. The number of hydrogen-bond donors (Lipinski definition) is 1. The van der Waals surface area contributed by atoms with Crippen molar-refractivity contribution in [1.82, 2.24) is 15.2 Å². The van der Waals surface area contributed by atoms with Crippen molar-refractivity contribution >= 4 is 0 Å². The van der Waals surface area contributed by atoms with Gasteiger partial charge in [-0.15, -0.1) is 0 Å². The van der Waals surface area contributed by atoms with Crippen LogP contribution in [0.4, 0.5) is 0 Å². The minimum atomic E-state index is 0.454. The van der Waals surface area contributed by atoms with E-state index in [9.17, 15) is 0 Å². The average molecular weight is 265 g/mol. The van der Waals surface area contributed by atoms with Gasteiger partial charge in [0.2, 0.25) is 5.88 Å². The molecule has 108 valence electrons. The zero-order valence-electron chi connectivity index (χ0n) is 13.1. The van der Waals surface area contributed by atoms with E-state index in [-0.39, 0.29) is 0 Å². The summed E-state index contributed by atoms with van der Waals surface area (Å²) in [6.07, 6.45) is 0. The second kappa shape index (κ2) is 7.46. The first-order chi connectivity index (χ1) is 8.90. The summed E-state index contributed by atoms with van der Waals surface area (Å²) in [6.45, 7) is 10.8. The van der Waals surface area contributed by atoms with Crippen LogP contribution in [-0.4, -0.2) is 43.2 Å². The number of pyridine rings is 1. The highest BCUT2D eigenvalue weighted by molar-refractivity contribution is 5.35. The lowest BCUT2D eigenvalue weighted by Gasteiger charge is -2.17. The third-order valence-corrected chi connectivity index (χ3v) is 2.90. The van der Waals surface area contributed by atoms with E-state index in [1.807, 2.05) is 21.0 Å². The molecule has 1 N–H and O–H groups in total. The highest BCUT2D eigenvalue weighted by atomic mass is 16.5. The van der Waals surface area contributed by atoms with Gasteiger partial charge in [0.1, 0.15) is 6.61 Å². The van der Waals surface area contributed by atoms with Gasteiger partial charge in [-0.05, 0) is 39.6 Å². The van der Waals surface area contributed by atoms with Crippen molar-refractivity contribution in [2.45, 2.75) is 40.3 Å². The summed E-state index contributed by atoms with van der Waals surface area (Å²) in [5.74, 6) is 0.771. The Balaban J connectivity index is 2.80. The van der Waals surface area contributed by atoms with Gasteiger partial charge >= 0.3 is 0 Å². The van der Waals surface area contributed by atoms with Gasteiger partial charge in [0.15, 0.2) is 0 Å². The first kappa shape index (κ1) is 15.9. The van der Waals surface area contributed by atoms with Gasteiger partial charge in [0.05, 0.1) is 0 Å². The molecule has 0 aliphatic carbocycles. The molecule has 0 unspecified atom stereocenters. The Kier molecular flexibility index (Phi) is 6.25. The van der Waals surface area contributed by atoms with Crippen molar-refractivity contribution in [2.75, 3.05) is 27.2 Å². The molecule has 19 heavy (non-hydrogen) atoms. The number of ether oxygens (including phenoxy) is 1. The van der Waals surface area contributed by atoms with Gasteiger partial charge in [-0.2, -0.15) is 0 Å². The van der Waals surface area contributed by atoms with Gasteiger partial charge < -0.3 is 15.0 Å². The van der Waals surface area contributed by atoms with Crippen LogP contribution in [0.15, 0.2) is 6.07 Å². The van der Waals surface area contributed by atoms with Crippen LogP contribution in [-0.2, 0) is 6.54 Å². The molecule has 0 spiro atoms. The van der Waals surface area contributed by atoms with Crippen LogP contribution in [0, 0.1) is 13.8 Å². The standard InChI is InChI=1S/C15H27N3O/c1-11(2)16-10-14-12(3)9-13(4)17-15(14)19-8-7-18(5)6/h9,11,16H,7-8,10H2,1-6H3. The summed E-state index contributed by atoms with van der Waals surface area (Å²) in [4.78, 5) is 6.63. The van der Waals surface area contributed by atoms with Crippen LogP contribution in [0.5, 0.6) is 5.88 Å². The second-order valence-electron chi connectivity index (χ2n) is 5.55. The fourth-order valence-electron chi connectivity index (χ4n) is 1.79. The molecule has 0 saturated carbocycles.